The number of halogens is 1. The highest BCUT2D eigenvalue weighted by Crippen LogP contribution is 2.21. The number of nitrogens with one attached hydrogen (secondary N) is 1. The van der Waals surface area contributed by atoms with E-state index in [9.17, 15) is 4.39 Å². The maximum absolute atomic E-state index is 13.2. The molecule has 1 aromatic heterocycles. The molecule has 16 heavy (non-hydrogen) atoms. The lowest BCUT2D eigenvalue weighted by molar-refractivity contribution is 0.629. The molecule has 0 saturated carbocycles. The van der Waals surface area contributed by atoms with E-state index in [1.54, 1.807) is 24.4 Å². The van der Waals surface area contributed by atoms with E-state index in [1.165, 1.54) is 18.2 Å². The lowest BCUT2D eigenvalue weighted by Gasteiger charge is -1.97. The van der Waals surface area contributed by atoms with Crippen LogP contribution in [0.15, 0.2) is 30.0 Å². The fourth-order valence-electron chi connectivity index (χ4n) is 1.52. The summed E-state index contributed by atoms with van der Waals surface area (Å²) in [5.41, 5.74) is 1.16. The summed E-state index contributed by atoms with van der Waals surface area (Å²) in [5.74, 6) is -0.395. The number of H-pyrrole nitrogens is 1. The molecule has 0 amide bonds. The van der Waals surface area contributed by atoms with Crippen LogP contribution in [0.2, 0.25) is 0 Å². The van der Waals surface area contributed by atoms with Crippen LogP contribution in [-0.4, -0.2) is 4.98 Å². The standard InChI is InChI=1S/C12H6FN3/c13-11-4-9-1-2-16-12(9)10(5-11)3-8(6-14)7-15/h1-5,16H. The number of allylic oxidation sites excluding steroid dienone is 1. The Labute approximate surface area is 91.0 Å². The summed E-state index contributed by atoms with van der Waals surface area (Å²) < 4.78 is 13.2. The Bertz CT molecular complexity index is 637. The number of aromatic nitrogens is 1. The van der Waals surface area contributed by atoms with Crippen LogP contribution in [0.1, 0.15) is 5.56 Å². The fraction of sp³-hybridized carbons (Fsp3) is 0. The second-order valence-electron chi connectivity index (χ2n) is 3.22. The molecule has 76 valence electrons. The minimum absolute atomic E-state index is 0.0542. The summed E-state index contributed by atoms with van der Waals surface area (Å²) in [6.45, 7) is 0. The summed E-state index contributed by atoms with van der Waals surface area (Å²) in [6, 6.07) is 7.89. The van der Waals surface area contributed by atoms with Gasteiger partial charge in [0.05, 0.1) is 5.52 Å². The smallest absolute Gasteiger partial charge is 0.130 e. The molecule has 0 aliphatic heterocycles. The zero-order valence-corrected chi connectivity index (χ0v) is 8.16. The molecule has 0 atom stereocenters. The van der Waals surface area contributed by atoms with Crippen LogP contribution in [0, 0.1) is 28.5 Å². The van der Waals surface area contributed by atoms with Crippen molar-refractivity contribution in [3.63, 3.8) is 0 Å². The van der Waals surface area contributed by atoms with Crippen LogP contribution < -0.4 is 0 Å². The zero-order valence-electron chi connectivity index (χ0n) is 8.16. The van der Waals surface area contributed by atoms with Crippen molar-refractivity contribution in [3.8, 4) is 12.1 Å². The first kappa shape index (κ1) is 9.95. The Morgan fingerprint density at radius 3 is 2.75 bits per heavy atom. The van der Waals surface area contributed by atoms with Crippen molar-refractivity contribution in [1.29, 1.82) is 10.5 Å². The largest absolute Gasteiger partial charge is 0.361 e. The van der Waals surface area contributed by atoms with Gasteiger partial charge in [-0.3, -0.25) is 0 Å². The minimum Gasteiger partial charge on any atom is -0.361 e. The van der Waals surface area contributed by atoms with E-state index in [0.29, 0.717) is 16.5 Å². The van der Waals surface area contributed by atoms with Gasteiger partial charge in [0.25, 0.3) is 0 Å². The highest BCUT2D eigenvalue weighted by atomic mass is 19.1. The normalized spacial score (nSPS) is 9.44. The van der Waals surface area contributed by atoms with Gasteiger partial charge in [-0.1, -0.05) is 0 Å². The molecule has 1 N–H and O–H groups in total. The van der Waals surface area contributed by atoms with Gasteiger partial charge in [0.1, 0.15) is 23.5 Å². The van der Waals surface area contributed by atoms with E-state index in [2.05, 4.69) is 4.98 Å². The monoisotopic (exact) mass is 211 g/mol. The van der Waals surface area contributed by atoms with Crippen molar-refractivity contribution in [2.45, 2.75) is 0 Å². The summed E-state index contributed by atoms with van der Waals surface area (Å²) in [4.78, 5) is 2.94. The molecule has 0 aliphatic carbocycles. The SMILES string of the molecule is N#CC(C#N)=Cc1cc(F)cc2cc[nH]c12. The van der Waals surface area contributed by atoms with E-state index in [-0.39, 0.29) is 5.57 Å². The second kappa shape index (κ2) is 3.88. The lowest BCUT2D eigenvalue weighted by atomic mass is 10.1. The van der Waals surface area contributed by atoms with E-state index in [4.69, 9.17) is 10.5 Å². The van der Waals surface area contributed by atoms with Crippen molar-refractivity contribution in [3.05, 3.63) is 41.3 Å². The molecule has 0 unspecified atom stereocenters. The Morgan fingerprint density at radius 1 is 1.31 bits per heavy atom. The molecule has 4 heteroatoms. The van der Waals surface area contributed by atoms with Gasteiger partial charge < -0.3 is 4.98 Å². The Hall–Kier alpha value is -2.59. The first-order chi connectivity index (χ1) is 7.74. The van der Waals surface area contributed by atoms with Crippen molar-refractivity contribution in [2.24, 2.45) is 0 Å². The van der Waals surface area contributed by atoms with Crippen molar-refractivity contribution in [1.82, 2.24) is 4.98 Å². The molecule has 0 spiro atoms. The number of fused-ring (bicyclic) bond motifs is 1. The summed E-state index contributed by atoms with van der Waals surface area (Å²) >= 11 is 0. The molecule has 2 rings (SSSR count). The highest BCUT2D eigenvalue weighted by molar-refractivity contribution is 5.89. The number of hydrogen-bond donors (Lipinski definition) is 1. The third kappa shape index (κ3) is 1.65. The van der Waals surface area contributed by atoms with E-state index < -0.39 is 5.82 Å². The van der Waals surface area contributed by atoms with Crippen LogP contribution in [0.5, 0.6) is 0 Å². The average Bonchev–Trinajstić information content (AvgIpc) is 2.73. The molecule has 0 aliphatic rings. The van der Waals surface area contributed by atoms with Crippen molar-refractivity contribution < 1.29 is 4.39 Å². The van der Waals surface area contributed by atoms with Gasteiger partial charge in [-0.25, -0.2) is 4.39 Å². The summed E-state index contributed by atoms with van der Waals surface area (Å²) in [5, 5.41) is 18.0. The molecule has 1 aromatic carbocycles. The number of aromatic amines is 1. The first-order valence-corrected chi connectivity index (χ1v) is 4.53. The van der Waals surface area contributed by atoms with Gasteiger partial charge in [-0.05, 0) is 24.3 Å². The topological polar surface area (TPSA) is 63.4 Å². The Balaban J connectivity index is 2.70. The third-order valence-corrected chi connectivity index (χ3v) is 2.20. The molecule has 2 aromatic rings. The van der Waals surface area contributed by atoms with Gasteiger partial charge in [-0.15, -0.1) is 0 Å². The molecule has 1 heterocycles. The fourth-order valence-corrected chi connectivity index (χ4v) is 1.52. The molecule has 0 bridgehead atoms. The number of nitriles is 2. The molecule has 0 fully saturated rings. The van der Waals surface area contributed by atoms with Crippen LogP contribution in [0.25, 0.3) is 17.0 Å². The van der Waals surface area contributed by atoms with Crippen LogP contribution in [-0.2, 0) is 0 Å². The van der Waals surface area contributed by atoms with E-state index in [0.717, 1.165) is 0 Å². The predicted molar refractivity (Wildman–Crippen MR) is 57.5 cm³/mol. The van der Waals surface area contributed by atoms with Gasteiger partial charge >= 0.3 is 0 Å². The van der Waals surface area contributed by atoms with Crippen molar-refractivity contribution >= 4 is 17.0 Å². The molecular weight excluding hydrogens is 205 g/mol. The molecule has 0 saturated heterocycles. The van der Waals surface area contributed by atoms with E-state index >= 15 is 0 Å². The van der Waals surface area contributed by atoms with Gasteiger partial charge in [0.15, 0.2) is 0 Å². The Morgan fingerprint density at radius 2 is 2.06 bits per heavy atom. The summed E-state index contributed by atoms with van der Waals surface area (Å²) in [7, 11) is 0. The van der Waals surface area contributed by atoms with Crippen LogP contribution in [0.4, 0.5) is 4.39 Å². The average molecular weight is 211 g/mol. The second-order valence-corrected chi connectivity index (χ2v) is 3.22. The Kier molecular flexibility index (Phi) is 2.41. The number of nitrogens with zero attached hydrogens (tertiary/aromatic N) is 2. The quantitative estimate of drug-likeness (QED) is 0.737. The van der Waals surface area contributed by atoms with Gasteiger partial charge in [0.2, 0.25) is 0 Å². The first-order valence-electron chi connectivity index (χ1n) is 4.53. The van der Waals surface area contributed by atoms with Crippen LogP contribution in [0.3, 0.4) is 0 Å². The van der Waals surface area contributed by atoms with Gasteiger partial charge in [0, 0.05) is 17.1 Å². The van der Waals surface area contributed by atoms with Gasteiger partial charge in [-0.2, -0.15) is 10.5 Å². The summed E-state index contributed by atoms with van der Waals surface area (Å²) in [6.07, 6.45) is 3.04. The number of rotatable bonds is 1. The molecular formula is C12H6FN3. The third-order valence-electron chi connectivity index (χ3n) is 2.20. The molecule has 3 nitrogen and oxygen atoms in total. The molecule has 0 radical (unpaired) electrons. The minimum atomic E-state index is -0.395. The zero-order chi connectivity index (χ0) is 11.5. The van der Waals surface area contributed by atoms with Crippen LogP contribution >= 0.6 is 0 Å². The van der Waals surface area contributed by atoms with Crippen molar-refractivity contribution in [2.75, 3.05) is 0 Å². The predicted octanol–water partition coefficient (Wildman–Crippen LogP) is 2.74. The maximum atomic E-state index is 13.2. The number of hydrogen-bond acceptors (Lipinski definition) is 2. The maximum Gasteiger partial charge on any atom is 0.130 e. The number of benzene rings is 1. The lowest BCUT2D eigenvalue weighted by Crippen LogP contribution is -1.82. The highest BCUT2D eigenvalue weighted by Gasteiger charge is 2.04. The van der Waals surface area contributed by atoms with E-state index in [1.807, 2.05) is 0 Å².